The summed E-state index contributed by atoms with van der Waals surface area (Å²) < 4.78 is 6.67. The fourth-order valence-corrected chi connectivity index (χ4v) is 1.65. The highest BCUT2D eigenvalue weighted by molar-refractivity contribution is 9.10. The standard InChI is InChI=1S/C13H20BrNO/c1-2-8-15-9-11-16-10-7-12-3-5-13(14)6-4-12/h3-6,15H,2,7-11H2,1H3. The molecule has 0 aromatic heterocycles. The van der Waals surface area contributed by atoms with Crippen molar-refractivity contribution in [3.63, 3.8) is 0 Å². The minimum absolute atomic E-state index is 0.801. The molecule has 1 rings (SSSR count). The zero-order valence-electron chi connectivity index (χ0n) is 9.84. The number of ether oxygens (including phenoxy) is 1. The smallest absolute Gasteiger partial charge is 0.0591 e. The Morgan fingerprint density at radius 3 is 2.56 bits per heavy atom. The van der Waals surface area contributed by atoms with E-state index in [2.05, 4.69) is 52.4 Å². The van der Waals surface area contributed by atoms with Crippen LogP contribution in [0.25, 0.3) is 0 Å². The summed E-state index contributed by atoms with van der Waals surface area (Å²) in [6.07, 6.45) is 2.17. The summed E-state index contributed by atoms with van der Waals surface area (Å²) in [4.78, 5) is 0. The van der Waals surface area contributed by atoms with Crippen molar-refractivity contribution in [2.24, 2.45) is 0 Å². The van der Waals surface area contributed by atoms with Gasteiger partial charge in [-0.3, -0.25) is 0 Å². The molecule has 0 fully saturated rings. The van der Waals surface area contributed by atoms with Crippen LogP contribution >= 0.6 is 15.9 Å². The molecule has 1 aromatic carbocycles. The summed E-state index contributed by atoms with van der Waals surface area (Å²) in [6, 6.07) is 8.39. The molecule has 0 spiro atoms. The largest absolute Gasteiger partial charge is 0.380 e. The summed E-state index contributed by atoms with van der Waals surface area (Å²) in [6.45, 7) is 5.80. The summed E-state index contributed by atoms with van der Waals surface area (Å²) in [5.41, 5.74) is 1.32. The van der Waals surface area contributed by atoms with E-state index in [0.717, 1.165) is 37.2 Å². The lowest BCUT2D eigenvalue weighted by molar-refractivity contribution is 0.139. The third-order valence-electron chi connectivity index (χ3n) is 2.30. The summed E-state index contributed by atoms with van der Waals surface area (Å²) in [5.74, 6) is 0. The van der Waals surface area contributed by atoms with Crippen LogP contribution in [0.15, 0.2) is 28.7 Å². The molecule has 90 valence electrons. The van der Waals surface area contributed by atoms with Crippen LogP contribution in [0.2, 0.25) is 0 Å². The molecule has 0 amide bonds. The zero-order valence-corrected chi connectivity index (χ0v) is 11.4. The van der Waals surface area contributed by atoms with Crippen molar-refractivity contribution < 1.29 is 4.74 Å². The van der Waals surface area contributed by atoms with Gasteiger partial charge in [-0.25, -0.2) is 0 Å². The van der Waals surface area contributed by atoms with E-state index in [4.69, 9.17) is 4.74 Å². The van der Waals surface area contributed by atoms with Crippen LogP contribution in [0.1, 0.15) is 18.9 Å². The maximum Gasteiger partial charge on any atom is 0.0591 e. The van der Waals surface area contributed by atoms with Crippen LogP contribution < -0.4 is 5.32 Å². The maximum atomic E-state index is 5.54. The number of halogens is 1. The van der Waals surface area contributed by atoms with Crippen LogP contribution in [0, 0.1) is 0 Å². The molecular weight excluding hydrogens is 266 g/mol. The molecule has 0 bridgehead atoms. The fourth-order valence-electron chi connectivity index (χ4n) is 1.39. The molecular formula is C13H20BrNO. The first kappa shape index (κ1) is 13.7. The highest BCUT2D eigenvalue weighted by Crippen LogP contribution is 2.10. The molecule has 2 nitrogen and oxygen atoms in total. The molecule has 16 heavy (non-hydrogen) atoms. The number of nitrogens with one attached hydrogen (secondary N) is 1. The molecule has 0 heterocycles. The topological polar surface area (TPSA) is 21.3 Å². The fraction of sp³-hybridized carbons (Fsp3) is 0.538. The predicted molar refractivity (Wildman–Crippen MR) is 71.8 cm³/mol. The van der Waals surface area contributed by atoms with Crippen LogP contribution in [-0.2, 0) is 11.2 Å². The normalized spacial score (nSPS) is 10.6. The van der Waals surface area contributed by atoms with Crippen molar-refractivity contribution in [3.05, 3.63) is 34.3 Å². The Hall–Kier alpha value is -0.380. The van der Waals surface area contributed by atoms with Gasteiger partial charge in [-0.1, -0.05) is 35.0 Å². The molecule has 0 aliphatic rings. The summed E-state index contributed by atoms with van der Waals surface area (Å²) >= 11 is 3.42. The molecule has 0 unspecified atom stereocenters. The van der Waals surface area contributed by atoms with Gasteiger partial charge in [0, 0.05) is 11.0 Å². The van der Waals surface area contributed by atoms with Gasteiger partial charge in [0.25, 0.3) is 0 Å². The lowest BCUT2D eigenvalue weighted by atomic mass is 10.2. The molecule has 0 radical (unpaired) electrons. The van der Waals surface area contributed by atoms with Gasteiger partial charge in [-0.05, 0) is 37.1 Å². The second-order valence-corrected chi connectivity index (χ2v) is 4.65. The Morgan fingerprint density at radius 1 is 1.12 bits per heavy atom. The van der Waals surface area contributed by atoms with Crippen molar-refractivity contribution in [3.8, 4) is 0 Å². The van der Waals surface area contributed by atoms with Gasteiger partial charge in [-0.15, -0.1) is 0 Å². The minimum Gasteiger partial charge on any atom is -0.380 e. The second-order valence-electron chi connectivity index (χ2n) is 3.74. The Kier molecular flexibility index (Phi) is 7.47. The Bertz CT molecular complexity index is 274. The van der Waals surface area contributed by atoms with Crippen LogP contribution in [0.4, 0.5) is 0 Å². The van der Waals surface area contributed by atoms with Crippen molar-refractivity contribution in [2.45, 2.75) is 19.8 Å². The highest BCUT2D eigenvalue weighted by Gasteiger charge is 1.93. The third kappa shape index (κ3) is 6.26. The van der Waals surface area contributed by atoms with E-state index in [0.29, 0.717) is 0 Å². The predicted octanol–water partition coefficient (Wildman–Crippen LogP) is 3.01. The molecule has 0 aliphatic carbocycles. The van der Waals surface area contributed by atoms with Crippen LogP contribution in [0.5, 0.6) is 0 Å². The van der Waals surface area contributed by atoms with E-state index in [1.807, 2.05) is 0 Å². The lowest BCUT2D eigenvalue weighted by Crippen LogP contribution is -2.20. The molecule has 0 saturated carbocycles. The SMILES string of the molecule is CCCNCCOCCc1ccc(Br)cc1. The van der Waals surface area contributed by atoms with Crippen molar-refractivity contribution in [2.75, 3.05) is 26.3 Å². The van der Waals surface area contributed by atoms with Gasteiger partial charge >= 0.3 is 0 Å². The van der Waals surface area contributed by atoms with Crippen molar-refractivity contribution >= 4 is 15.9 Å². The summed E-state index contributed by atoms with van der Waals surface area (Å²) in [7, 11) is 0. The average molecular weight is 286 g/mol. The molecule has 0 saturated heterocycles. The number of rotatable bonds is 8. The zero-order chi connectivity index (χ0) is 11.6. The van der Waals surface area contributed by atoms with Gasteiger partial charge in [0.1, 0.15) is 0 Å². The molecule has 3 heteroatoms. The molecule has 1 aromatic rings. The van der Waals surface area contributed by atoms with Gasteiger partial charge < -0.3 is 10.1 Å². The van der Waals surface area contributed by atoms with E-state index in [1.165, 1.54) is 12.0 Å². The quantitative estimate of drug-likeness (QED) is 0.742. The third-order valence-corrected chi connectivity index (χ3v) is 2.83. The Morgan fingerprint density at radius 2 is 1.88 bits per heavy atom. The van der Waals surface area contributed by atoms with E-state index >= 15 is 0 Å². The minimum atomic E-state index is 0.801. The monoisotopic (exact) mass is 285 g/mol. The van der Waals surface area contributed by atoms with Crippen LogP contribution in [0.3, 0.4) is 0 Å². The van der Waals surface area contributed by atoms with E-state index in [-0.39, 0.29) is 0 Å². The maximum absolute atomic E-state index is 5.54. The van der Waals surface area contributed by atoms with Gasteiger partial charge in [0.05, 0.1) is 13.2 Å². The van der Waals surface area contributed by atoms with Crippen LogP contribution in [-0.4, -0.2) is 26.3 Å². The molecule has 0 aliphatic heterocycles. The van der Waals surface area contributed by atoms with E-state index in [1.54, 1.807) is 0 Å². The average Bonchev–Trinajstić information content (AvgIpc) is 2.30. The lowest BCUT2D eigenvalue weighted by Gasteiger charge is -2.05. The van der Waals surface area contributed by atoms with E-state index in [9.17, 15) is 0 Å². The first-order valence-electron chi connectivity index (χ1n) is 5.86. The highest BCUT2D eigenvalue weighted by atomic mass is 79.9. The van der Waals surface area contributed by atoms with Gasteiger partial charge in [0.15, 0.2) is 0 Å². The first-order chi connectivity index (χ1) is 7.83. The van der Waals surface area contributed by atoms with Crippen molar-refractivity contribution in [1.82, 2.24) is 5.32 Å². The molecule has 0 atom stereocenters. The number of hydrogen-bond donors (Lipinski definition) is 1. The van der Waals surface area contributed by atoms with Crippen molar-refractivity contribution in [1.29, 1.82) is 0 Å². The second kappa shape index (κ2) is 8.74. The van der Waals surface area contributed by atoms with Gasteiger partial charge in [-0.2, -0.15) is 0 Å². The first-order valence-corrected chi connectivity index (χ1v) is 6.65. The van der Waals surface area contributed by atoms with Gasteiger partial charge in [0.2, 0.25) is 0 Å². The molecule has 1 N–H and O–H groups in total. The Labute approximate surface area is 107 Å². The summed E-state index contributed by atoms with van der Waals surface area (Å²) in [5, 5.41) is 3.31. The number of hydrogen-bond acceptors (Lipinski definition) is 2. The van der Waals surface area contributed by atoms with E-state index < -0.39 is 0 Å². The number of benzene rings is 1. The Balaban J connectivity index is 2.01.